The molecule has 3 nitrogen and oxygen atoms in total. The zero-order chi connectivity index (χ0) is 11.5. The Labute approximate surface area is 96.3 Å². The standard InChI is InChI=1S/C13H18N2O/c1-9-7-8-12(10(2)16)13(14-9)15-11-5-3-4-6-11/h7-8,11H,3-6H2,1-2H3,(H,14,15). The molecule has 1 aromatic heterocycles. The lowest BCUT2D eigenvalue weighted by atomic mass is 10.1. The van der Waals surface area contributed by atoms with Crippen LogP contribution in [0.4, 0.5) is 5.82 Å². The van der Waals surface area contributed by atoms with Gasteiger partial charge in [0.2, 0.25) is 0 Å². The second kappa shape index (κ2) is 4.64. The quantitative estimate of drug-likeness (QED) is 0.793. The average Bonchev–Trinajstić information content (AvgIpc) is 2.70. The summed E-state index contributed by atoms with van der Waals surface area (Å²) in [7, 11) is 0. The second-order valence-electron chi connectivity index (χ2n) is 4.53. The van der Waals surface area contributed by atoms with Gasteiger partial charge in [0.1, 0.15) is 5.82 Å². The van der Waals surface area contributed by atoms with Crippen molar-refractivity contribution in [2.75, 3.05) is 5.32 Å². The molecule has 0 spiro atoms. The molecule has 86 valence electrons. The molecular formula is C13H18N2O. The van der Waals surface area contributed by atoms with E-state index in [4.69, 9.17) is 0 Å². The van der Waals surface area contributed by atoms with Crippen LogP contribution < -0.4 is 5.32 Å². The van der Waals surface area contributed by atoms with E-state index in [1.165, 1.54) is 25.7 Å². The van der Waals surface area contributed by atoms with Gasteiger partial charge >= 0.3 is 0 Å². The van der Waals surface area contributed by atoms with Gasteiger partial charge in [0.05, 0.1) is 5.56 Å². The molecule has 0 unspecified atom stereocenters. The van der Waals surface area contributed by atoms with Crippen LogP contribution in [0.1, 0.15) is 48.7 Å². The number of anilines is 1. The van der Waals surface area contributed by atoms with Gasteiger partial charge in [-0.25, -0.2) is 4.98 Å². The molecule has 0 amide bonds. The van der Waals surface area contributed by atoms with E-state index in [0.717, 1.165) is 11.5 Å². The van der Waals surface area contributed by atoms with Gasteiger partial charge in [0.15, 0.2) is 5.78 Å². The number of aromatic nitrogens is 1. The fraction of sp³-hybridized carbons (Fsp3) is 0.538. The molecule has 16 heavy (non-hydrogen) atoms. The summed E-state index contributed by atoms with van der Waals surface area (Å²) >= 11 is 0. The highest BCUT2D eigenvalue weighted by atomic mass is 16.1. The number of hydrogen-bond acceptors (Lipinski definition) is 3. The Balaban J connectivity index is 2.22. The predicted octanol–water partition coefficient (Wildman–Crippen LogP) is 2.95. The lowest BCUT2D eigenvalue weighted by molar-refractivity contribution is 0.101. The number of rotatable bonds is 3. The Morgan fingerprint density at radius 3 is 2.69 bits per heavy atom. The van der Waals surface area contributed by atoms with E-state index >= 15 is 0 Å². The largest absolute Gasteiger partial charge is 0.367 e. The number of ketones is 1. The number of hydrogen-bond donors (Lipinski definition) is 1. The van der Waals surface area contributed by atoms with Gasteiger partial charge in [-0.2, -0.15) is 0 Å². The summed E-state index contributed by atoms with van der Waals surface area (Å²) in [5.41, 5.74) is 1.66. The highest BCUT2D eigenvalue weighted by Crippen LogP contribution is 2.23. The SMILES string of the molecule is CC(=O)c1ccc(C)nc1NC1CCCC1. The van der Waals surface area contributed by atoms with Crippen molar-refractivity contribution in [3.05, 3.63) is 23.4 Å². The Morgan fingerprint density at radius 2 is 2.06 bits per heavy atom. The highest BCUT2D eigenvalue weighted by Gasteiger charge is 2.17. The van der Waals surface area contributed by atoms with Crippen molar-refractivity contribution < 1.29 is 4.79 Å². The molecule has 0 atom stereocenters. The van der Waals surface area contributed by atoms with Crippen molar-refractivity contribution in [2.45, 2.75) is 45.6 Å². The molecule has 1 heterocycles. The molecule has 0 saturated heterocycles. The third kappa shape index (κ3) is 2.40. The van der Waals surface area contributed by atoms with Crippen LogP contribution in [0.3, 0.4) is 0 Å². The zero-order valence-electron chi connectivity index (χ0n) is 9.92. The van der Waals surface area contributed by atoms with Crippen LogP contribution in [0.15, 0.2) is 12.1 Å². The van der Waals surface area contributed by atoms with E-state index in [0.29, 0.717) is 11.6 Å². The third-order valence-electron chi connectivity index (χ3n) is 3.11. The van der Waals surface area contributed by atoms with Gasteiger partial charge in [0.25, 0.3) is 0 Å². The van der Waals surface area contributed by atoms with E-state index in [1.54, 1.807) is 6.92 Å². The van der Waals surface area contributed by atoms with Crippen LogP contribution in [-0.2, 0) is 0 Å². The van der Waals surface area contributed by atoms with E-state index in [2.05, 4.69) is 10.3 Å². The van der Waals surface area contributed by atoms with Gasteiger partial charge < -0.3 is 5.32 Å². The molecular weight excluding hydrogens is 200 g/mol. The fourth-order valence-corrected chi connectivity index (χ4v) is 2.21. The third-order valence-corrected chi connectivity index (χ3v) is 3.11. The van der Waals surface area contributed by atoms with Crippen LogP contribution >= 0.6 is 0 Å². The number of pyridine rings is 1. The molecule has 1 aliphatic rings. The van der Waals surface area contributed by atoms with E-state index in [-0.39, 0.29) is 5.78 Å². The second-order valence-corrected chi connectivity index (χ2v) is 4.53. The first-order chi connectivity index (χ1) is 7.66. The normalized spacial score (nSPS) is 16.4. The Hall–Kier alpha value is -1.38. The van der Waals surface area contributed by atoms with Gasteiger partial charge in [-0.05, 0) is 38.8 Å². The van der Waals surface area contributed by atoms with E-state index in [9.17, 15) is 4.79 Å². The molecule has 0 radical (unpaired) electrons. The van der Waals surface area contributed by atoms with Gasteiger partial charge in [-0.1, -0.05) is 12.8 Å². The minimum absolute atomic E-state index is 0.0768. The molecule has 3 heteroatoms. The molecule has 1 aromatic rings. The van der Waals surface area contributed by atoms with Crippen molar-refractivity contribution in [1.29, 1.82) is 0 Å². The van der Waals surface area contributed by atoms with Crippen molar-refractivity contribution in [3.63, 3.8) is 0 Å². The summed E-state index contributed by atoms with van der Waals surface area (Å²) in [5.74, 6) is 0.840. The molecule has 1 N–H and O–H groups in total. The summed E-state index contributed by atoms with van der Waals surface area (Å²) in [6, 6.07) is 4.24. The first-order valence-electron chi connectivity index (χ1n) is 5.92. The number of Topliss-reactive ketones (excluding diaryl/α,β-unsaturated/α-hetero) is 1. The predicted molar refractivity (Wildman–Crippen MR) is 64.9 cm³/mol. The Kier molecular flexibility index (Phi) is 3.22. The number of aryl methyl sites for hydroxylation is 1. The first kappa shape index (κ1) is 11.1. The van der Waals surface area contributed by atoms with Gasteiger partial charge in [0, 0.05) is 11.7 Å². The number of carbonyl (C=O) groups is 1. The van der Waals surface area contributed by atoms with Crippen LogP contribution in [0.5, 0.6) is 0 Å². The van der Waals surface area contributed by atoms with E-state index in [1.807, 2.05) is 19.1 Å². The summed E-state index contributed by atoms with van der Waals surface area (Å²) in [6.45, 7) is 3.54. The maximum Gasteiger partial charge on any atom is 0.163 e. The maximum atomic E-state index is 11.5. The van der Waals surface area contributed by atoms with E-state index < -0.39 is 0 Å². The summed E-state index contributed by atoms with van der Waals surface area (Å²) < 4.78 is 0. The van der Waals surface area contributed by atoms with Gasteiger partial charge in [-0.3, -0.25) is 4.79 Å². The van der Waals surface area contributed by atoms with Crippen LogP contribution in [0, 0.1) is 6.92 Å². The molecule has 0 bridgehead atoms. The summed E-state index contributed by atoms with van der Waals surface area (Å²) in [6.07, 6.45) is 4.93. The lowest BCUT2D eigenvalue weighted by Crippen LogP contribution is -2.18. The molecule has 0 aromatic carbocycles. The minimum Gasteiger partial charge on any atom is -0.367 e. The van der Waals surface area contributed by atoms with Gasteiger partial charge in [-0.15, -0.1) is 0 Å². The Bertz CT molecular complexity index is 395. The zero-order valence-corrected chi connectivity index (χ0v) is 9.92. The van der Waals surface area contributed by atoms with Crippen molar-refractivity contribution in [2.24, 2.45) is 0 Å². The summed E-state index contributed by atoms with van der Waals surface area (Å²) in [4.78, 5) is 15.9. The maximum absolute atomic E-state index is 11.5. The Morgan fingerprint density at radius 1 is 1.38 bits per heavy atom. The van der Waals surface area contributed by atoms with Crippen LogP contribution in [0.2, 0.25) is 0 Å². The molecule has 1 aliphatic carbocycles. The number of nitrogens with one attached hydrogen (secondary N) is 1. The first-order valence-corrected chi connectivity index (χ1v) is 5.92. The van der Waals surface area contributed by atoms with Crippen LogP contribution in [-0.4, -0.2) is 16.8 Å². The molecule has 1 saturated carbocycles. The minimum atomic E-state index is 0.0768. The topological polar surface area (TPSA) is 42.0 Å². The van der Waals surface area contributed by atoms with Crippen molar-refractivity contribution in [1.82, 2.24) is 4.98 Å². The molecule has 1 fully saturated rings. The molecule has 0 aliphatic heterocycles. The smallest absolute Gasteiger partial charge is 0.163 e. The van der Waals surface area contributed by atoms with Crippen molar-refractivity contribution >= 4 is 11.6 Å². The number of nitrogens with zero attached hydrogens (tertiary/aromatic N) is 1. The molecule has 2 rings (SSSR count). The fourth-order valence-electron chi connectivity index (χ4n) is 2.21. The highest BCUT2D eigenvalue weighted by molar-refractivity contribution is 5.98. The average molecular weight is 218 g/mol. The monoisotopic (exact) mass is 218 g/mol. The summed E-state index contributed by atoms with van der Waals surface area (Å²) in [5, 5.41) is 3.40. The van der Waals surface area contributed by atoms with Crippen LogP contribution in [0.25, 0.3) is 0 Å². The number of carbonyl (C=O) groups excluding carboxylic acids is 1. The van der Waals surface area contributed by atoms with Crippen molar-refractivity contribution in [3.8, 4) is 0 Å². The lowest BCUT2D eigenvalue weighted by Gasteiger charge is -2.15.